The average molecular weight is 362 g/mol. The largest absolute Gasteiger partial charge is 0.390 e. The molecule has 1 aromatic heterocycles. The molecule has 0 fully saturated rings. The number of aromatic amines is 1. The Kier molecular flexibility index (Phi) is 4.52. The van der Waals surface area contributed by atoms with E-state index in [9.17, 15) is 9.90 Å². The normalized spacial score (nSPS) is 14.4. The lowest BCUT2D eigenvalue weighted by molar-refractivity contribution is 0.0710. The van der Waals surface area contributed by atoms with Gasteiger partial charge in [-0.3, -0.25) is 4.79 Å². The molecule has 1 aliphatic rings. The minimum Gasteiger partial charge on any atom is -0.390 e. The van der Waals surface area contributed by atoms with Gasteiger partial charge in [0.15, 0.2) is 0 Å². The molecule has 2 N–H and O–H groups in total. The summed E-state index contributed by atoms with van der Waals surface area (Å²) in [6, 6.07) is 16.1. The van der Waals surface area contributed by atoms with Gasteiger partial charge in [-0.05, 0) is 62.4 Å². The van der Waals surface area contributed by atoms with Crippen LogP contribution < -0.4 is 0 Å². The van der Waals surface area contributed by atoms with Gasteiger partial charge in [-0.2, -0.15) is 0 Å². The van der Waals surface area contributed by atoms with E-state index in [0.29, 0.717) is 13.0 Å². The van der Waals surface area contributed by atoms with Gasteiger partial charge in [0.1, 0.15) is 0 Å². The van der Waals surface area contributed by atoms with Crippen LogP contribution in [-0.4, -0.2) is 33.0 Å². The molecule has 2 aromatic carbocycles. The van der Waals surface area contributed by atoms with E-state index in [1.807, 2.05) is 49.1 Å². The van der Waals surface area contributed by atoms with Gasteiger partial charge in [0.05, 0.1) is 12.1 Å². The maximum atomic E-state index is 12.9. The molecule has 0 atom stereocenters. The predicted molar refractivity (Wildman–Crippen MR) is 108 cm³/mol. The highest BCUT2D eigenvalue weighted by molar-refractivity contribution is 5.95. The van der Waals surface area contributed by atoms with Gasteiger partial charge in [0, 0.05) is 28.7 Å². The summed E-state index contributed by atoms with van der Waals surface area (Å²) in [5.41, 5.74) is 4.84. The third-order valence-corrected chi connectivity index (χ3v) is 5.40. The van der Waals surface area contributed by atoms with E-state index in [2.05, 4.69) is 23.2 Å². The van der Waals surface area contributed by atoms with Crippen molar-refractivity contribution in [2.45, 2.75) is 45.3 Å². The van der Waals surface area contributed by atoms with Crippen LogP contribution in [0, 0.1) is 0 Å². The Morgan fingerprint density at radius 3 is 2.63 bits per heavy atom. The van der Waals surface area contributed by atoms with Gasteiger partial charge in [0.2, 0.25) is 0 Å². The Morgan fingerprint density at radius 2 is 1.89 bits per heavy atom. The molecule has 0 unspecified atom stereocenters. The summed E-state index contributed by atoms with van der Waals surface area (Å²) < 4.78 is 0. The SMILES string of the molecule is CC(C)(O)CCc1ccc(C(=O)N2CCc3c([nH]c4ccccc34)C2)cc1. The average Bonchev–Trinajstić information content (AvgIpc) is 3.03. The fourth-order valence-electron chi connectivity index (χ4n) is 3.81. The third kappa shape index (κ3) is 3.76. The first-order valence-corrected chi connectivity index (χ1v) is 9.60. The van der Waals surface area contributed by atoms with Crippen LogP contribution in [0.3, 0.4) is 0 Å². The number of fused-ring (bicyclic) bond motifs is 3. The number of hydrogen-bond acceptors (Lipinski definition) is 2. The van der Waals surface area contributed by atoms with Crippen molar-refractivity contribution in [2.75, 3.05) is 6.54 Å². The van der Waals surface area contributed by atoms with E-state index < -0.39 is 5.60 Å². The number of amides is 1. The van der Waals surface area contributed by atoms with Crippen LogP contribution in [0.25, 0.3) is 10.9 Å². The molecule has 1 aliphatic heterocycles. The second kappa shape index (κ2) is 6.86. The predicted octanol–water partition coefficient (Wildman–Crippen LogP) is 4.07. The molecule has 1 amide bonds. The molecule has 4 heteroatoms. The molecule has 4 nitrogen and oxygen atoms in total. The molecule has 27 heavy (non-hydrogen) atoms. The summed E-state index contributed by atoms with van der Waals surface area (Å²) in [6.07, 6.45) is 2.39. The molecule has 4 rings (SSSR count). The zero-order valence-electron chi connectivity index (χ0n) is 16.0. The van der Waals surface area contributed by atoms with Gasteiger partial charge in [-0.15, -0.1) is 0 Å². The Labute approximate surface area is 159 Å². The number of para-hydroxylation sites is 1. The summed E-state index contributed by atoms with van der Waals surface area (Å²) in [5, 5.41) is 11.1. The van der Waals surface area contributed by atoms with Gasteiger partial charge >= 0.3 is 0 Å². The standard InChI is InChI=1S/C23H26N2O2/c1-23(2,27)13-11-16-7-9-17(10-8-16)22(26)25-14-12-19-18-5-3-4-6-20(18)24-21(19)15-25/h3-10,24,27H,11-15H2,1-2H3. The Morgan fingerprint density at radius 1 is 1.15 bits per heavy atom. The highest BCUT2D eigenvalue weighted by Crippen LogP contribution is 2.28. The van der Waals surface area contributed by atoms with E-state index in [1.165, 1.54) is 10.9 Å². The van der Waals surface area contributed by atoms with E-state index in [-0.39, 0.29) is 5.91 Å². The molecule has 0 radical (unpaired) electrons. The first-order chi connectivity index (χ1) is 12.9. The third-order valence-electron chi connectivity index (χ3n) is 5.40. The summed E-state index contributed by atoms with van der Waals surface area (Å²) in [5.74, 6) is 0.0772. The number of rotatable bonds is 4. The van der Waals surface area contributed by atoms with Crippen molar-refractivity contribution in [3.63, 3.8) is 0 Å². The van der Waals surface area contributed by atoms with E-state index >= 15 is 0 Å². The maximum absolute atomic E-state index is 12.9. The number of benzene rings is 2. The molecule has 0 aliphatic carbocycles. The lowest BCUT2D eigenvalue weighted by Crippen LogP contribution is -2.35. The van der Waals surface area contributed by atoms with Crippen LogP contribution >= 0.6 is 0 Å². The summed E-state index contributed by atoms with van der Waals surface area (Å²) in [6.45, 7) is 5.01. The number of carbonyl (C=O) groups excluding carboxylic acids is 1. The molecular weight excluding hydrogens is 336 g/mol. The summed E-state index contributed by atoms with van der Waals surface area (Å²) in [7, 11) is 0. The van der Waals surface area contributed by atoms with Crippen LogP contribution in [0.15, 0.2) is 48.5 Å². The second-order valence-corrected chi connectivity index (χ2v) is 8.11. The van der Waals surface area contributed by atoms with Crippen LogP contribution in [0.4, 0.5) is 0 Å². The van der Waals surface area contributed by atoms with Gasteiger partial charge in [0.25, 0.3) is 5.91 Å². The molecule has 0 saturated carbocycles. The number of H-pyrrole nitrogens is 1. The van der Waals surface area contributed by atoms with E-state index in [4.69, 9.17) is 0 Å². The minimum atomic E-state index is -0.667. The van der Waals surface area contributed by atoms with Gasteiger partial charge < -0.3 is 15.0 Å². The lowest BCUT2D eigenvalue weighted by atomic mass is 9.98. The van der Waals surface area contributed by atoms with Crippen molar-refractivity contribution in [3.8, 4) is 0 Å². The quantitative estimate of drug-likeness (QED) is 0.735. The van der Waals surface area contributed by atoms with Crippen molar-refractivity contribution < 1.29 is 9.90 Å². The first kappa shape index (κ1) is 17.8. The minimum absolute atomic E-state index is 0.0772. The second-order valence-electron chi connectivity index (χ2n) is 8.11. The number of aryl methyl sites for hydroxylation is 1. The molecule has 140 valence electrons. The van der Waals surface area contributed by atoms with Crippen LogP contribution in [-0.2, 0) is 19.4 Å². The summed E-state index contributed by atoms with van der Waals surface area (Å²) in [4.78, 5) is 18.3. The van der Waals surface area contributed by atoms with Gasteiger partial charge in [-0.25, -0.2) is 0 Å². The Balaban J connectivity index is 1.47. The zero-order chi connectivity index (χ0) is 19.0. The molecule has 2 heterocycles. The van der Waals surface area contributed by atoms with Crippen molar-refractivity contribution >= 4 is 16.8 Å². The number of carbonyl (C=O) groups is 1. The van der Waals surface area contributed by atoms with Crippen LogP contribution in [0.2, 0.25) is 0 Å². The molecule has 0 spiro atoms. The highest BCUT2D eigenvalue weighted by Gasteiger charge is 2.24. The van der Waals surface area contributed by atoms with Crippen molar-refractivity contribution in [2.24, 2.45) is 0 Å². The number of aromatic nitrogens is 1. The fraction of sp³-hybridized carbons (Fsp3) is 0.348. The number of nitrogens with zero attached hydrogens (tertiary/aromatic N) is 1. The smallest absolute Gasteiger partial charge is 0.254 e. The van der Waals surface area contributed by atoms with Crippen molar-refractivity contribution in [3.05, 3.63) is 70.9 Å². The zero-order valence-corrected chi connectivity index (χ0v) is 16.0. The fourth-order valence-corrected chi connectivity index (χ4v) is 3.81. The van der Waals surface area contributed by atoms with Crippen LogP contribution in [0.5, 0.6) is 0 Å². The molecular formula is C23H26N2O2. The van der Waals surface area contributed by atoms with E-state index in [1.54, 1.807) is 0 Å². The molecule has 3 aromatic rings. The monoisotopic (exact) mass is 362 g/mol. The maximum Gasteiger partial charge on any atom is 0.254 e. The number of nitrogens with one attached hydrogen (secondary N) is 1. The topological polar surface area (TPSA) is 56.3 Å². The van der Waals surface area contributed by atoms with Crippen molar-refractivity contribution in [1.82, 2.24) is 9.88 Å². The molecule has 0 bridgehead atoms. The van der Waals surface area contributed by atoms with Gasteiger partial charge in [-0.1, -0.05) is 30.3 Å². The van der Waals surface area contributed by atoms with Crippen molar-refractivity contribution in [1.29, 1.82) is 0 Å². The Hall–Kier alpha value is -2.59. The number of aliphatic hydroxyl groups is 1. The van der Waals surface area contributed by atoms with E-state index in [0.717, 1.165) is 41.7 Å². The summed E-state index contributed by atoms with van der Waals surface area (Å²) >= 11 is 0. The molecule has 0 saturated heterocycles. The first-order valence-electron chi connectivity index (χ1n) is 9.60. The lowest BCUT2D eigenvalue weighted by Gasteiger charge is -2.27. The highest BCUT2D eigenvalue weighted by atomic mass is 16.3. The number of hydrogen-bond donors (Lipinski definition) is 2. The van der Waals surface area contributed by atoms with Crippen LogP contribution in [0.1, 0.15) is 47.4 Å². The Bertz CT molecular complexity index is 964.